The van der Waals surface area contributed by atoms with E-state index in [4.69, 9.17) is 14.7 Å². The molecule has 4 heterocycles. The number of rotatable bonds is 5. The summed E-state index contributed by atoms with van der Waals surface area (Å²) in [5.74, 6) is 0.212. The van der Waals surface area contributed by atoms with Gasteiger partial charge >= 0.3 is 0 Å². The molecule has 0 unspecified atom stereocenters. The maximum atomic E-state index is 13.3. The number of ether oxygens (including phenoxy) is 1. The highest BCUT2D eigenvalue weighted by molar-refractivity contribution is 7.15. The van der Waals surface area contributed by atoms with Crippen LogP contribution >= 0.6 is 11.3 Å². The van der Waals surface area contributed by atoms with Crippen LogP contribution in [0.1, 0.15) is 10.4 Å². The van der Waals surface area contributed by atoms with Crippen LogP contribution in [-0.2, 0) is 6.61 Å². The predicted molar refractivity (Wildman–Crippen MR) is 140 cm³/mol. The zero-order valence-corrected chi connectivity index (χ0v) is 19.7. The van der Waals surface area contributed by atoms with Gasteiger partial charge < -0.3 is 9.72 Å². The number of H-pyrrole nitrogens is 1. The van der Waals surface area contributed by atoms with Crippen molar-refractivity contribution in [1.82, 2.24) is 19.9 Å². The summed E-state index contributed by atoms with van der Waals surface area (Å²) in [6.07, 6.45) is 3.33. The van der Waals surface area contributed by atoms with Crippen molar-refractivity contribution in [3.05, 3.63) is 106 Å². The molecular formula is C28H20N4O2S. The minimum Gasteiger partial charge on any atom is -0.483 e. The van der Waals surface area contributed by atoms with Crippen molar-refractivity contribution >= 4 is 33.4 Å². The average molecular weight is 477 g/mol. The number of thiophene rings is 1. The molecule has 0 saturated heterocycles. The first-order valence-corrected chi connectivity index (χ1v) is 12.0. The summed E-state index contributed by atoms with van der Waals surface area (Å²) in [7, 11) is 0. The van der Waals surface area contributed by atoms with Crippen LogP contribution in [0.3, 0.4) is 0 Å². The Bertz CT molecular complexity index is 1740. The fourth-order valence-electron chi connectivity index (χ4n) is 4.01. The highest BCUT2D eigenvalue weighted by Crippen LogP contribution is 2.35. The average Bonchev–Trinajstić information content (AvgIpc) is 3.34. The summed E-state index contributed by atoms with van der Waals surface area (Å²) in [4.78, 5) is 32.7. The molecule has 0 radical (unpaired) electrons. The van der Waals surface area contributed by atoms with Crippen molar-refractivity contribution in [3.63, 3.8) is 0 Å². The number of pyridine rings is 2. The van der Waals surface area contributed by atoms with Crippen LogP contribution in [0.4, 0.5) is 0 Å². The molecule has 6 aromatic rings. The lowest BCUT2D eigenvalue weighted by Crippen LogP contribution is -2.12. The Morgan fingerprint density at radius 1 is 0.943 bits per heavy atom. The van der Waals surface area contributed by atoms with E-state index >= 15 is 0 Å². The van der Waals surface area contributed by atoms with Gasteiger partial charge in [0.1, 0.15) is 12.3 Å². The van der Waals surface area contributed by atoms with Gasteiger partial charge in [0.05, 0.1) is 16.1 Å². The molecule has 6 rings (SSSR count). The zero-order valence-electron chi connectivity index (χ0n) is 18.9. The van der Waals surface area contributed by atoms with Crippen molar-refractivity contribution in [1.29, 1.82) is 0 Å². The molecule has 0 fully saturated rings. The van der Waals surface area contributed by atoms with Gasteiger partial charge in [0.15, 0.2) is 16.9 Å². The second kappa shape index (κ2) is 8.77. The van der Waals surface area contributed by atoms with Crippen LogP contribution in [0.25, 0.3) is 43.9 Å². The highest BCUT2D eigenvalue weighted by atomic mass is 32.1. The van der Waals surface area contributed by atoms with Gasteiger partial charge in [0.2, 0.25) is 0 Å². The van der Waals surface area contributed by atoms with E-state index in [2.05, 4.69) is 23.0 Å². The molecule has 0 aliphatic carbocycles. The van der Waals surface area contributed by atoms with Gasteiger partial charge in [0.25, 0.3) is 5.43 Å². The maximum Gasteiger partial charge on any atom is 0.251 e. The van der Waals surface area contributed by atoms with Crippen molar-refractivity contribution in [2.24, 2.45) is 0 Å². The molecule has 0 saturated carbocycles. The smallest absolute Gasteiger partial charge is 0.251 e. The monoisotopic (exact) mass is 476 g/mol. The molecule has 4 aromatic heterocycles. The molecule has 0 aliphatic heterocycles. The normalized spacial score (nSPS) is 11.2. The molecule has 35 heavy (non-hydrogen) atoms. The standard InChI is InChI=1S/C28H20N4O2S/c1-17-9-12-23(35-17)25-24(20-10-11-21-19(14-20)8-5-13-29-21)31-26-27(33)22(15-30-28(26)32-25)34-16-18-6-3-2-4-7-18/h2-15H,16H2,1H3,(H,30,32,33). The van der Waals surface area contributed by atoms with Crippen LogP contribution in [0.2, 0.25) is 0 Å². The van der Waals surface area contributed by atoms with Crippen LogP contribution < -0.4 is 10.2 Å². The van der Waals surface area contributed by atoms with E-state index in [1.165, 1.54) is 4.88 Å². The third-order valence-electron chi connectivity index (χ3n) is 5.76. The molecule has 2 aromatic carbocycles. The van der Waals surface area contributed by atoms with E-state index < -0.39 is 0 Å². The molecule has 7 heteroatoms. The molecule has 170 valence electrons. The first-order valence-electron chi connectivity index (χ1n) is 11.2. The number of nitrogens with one attached hydrogen (secondary N) is 1. The van der Waals surface area contributed by atoms with Crippen molar-refractivity contribution in [2.75, 3.05) is 0 Å². The first kappa shape index (κ1) is 21.2. The summed E-state index contributed by atoms with van der Waals surface area (Å²) < 4.78 is 5.83. The molecule has 1 N–H and O–H groups in total. The van der Waals surface area contributed by atoms with Crippen molar-refractivity contribution < 1.29 is 4.74 Å². The quantitative estimate of drug-likeness (QED) is 0.323. The van der Waals surface area contributed by atoms with E-state index in [-0.39, 0.29) is 16.7 Å². The van der Waals surface area contributed by atoms with Gasteiger partial charge in [-0.05, 0) is 42.8 Å². The van der Waals surface area contributed by atoms with Crippen LogP contribution in [0.5, 0.6) is 5.75 Å². The molecule has 0 spiro atoms. The van der Waals surface area contributed by atoms with Gasteiger partial charge in [-0.15, -0.1) is 11.3 Å². The highest BCUT2D eigenvalue weighted by Gasteiger charge is 2.18. The molecule has 0 atom stereocenters. The number of hydrogen-bond acceptors (Lipinski definition) is 6. The molecule has 0 aliphatic rings. The summed E-state index contributed by atoms with van der Waals surface area (Å²) in [6, 6.07) is 23.7. The van der Waals surface area contributed by atoms with E-state index in [1.807, 2.05) is 66.7 Å². The lowest BCUT2D eigenvalue weighted by molar-refractivity contribution is 0.302. The number of aromatic amines is 1. The van der Waals surface area contributed by atoms with Gasteiger partial charge in [-0.25, -0.2) is 9.97 Å². The molecule has 6 nitrogen and oxygen atoms in total. The number of benzene rings is 2. The summed E-state index contributed by atoms with van der Waals surface area (Å²) in [5, 5.41) is 0.995. The lowest BCUT2D eigenvalue weighted by atomic mass is 10.1. The van der Waals surface area contributed by atoms with Crippen LogP contribution in [0, 0.1) is 6.92 Å². The zero-order chi connectivity index (χ0) is 23.8. The maximum absolute atomic E-state index is 13.3. The minimum absolute atomic E-state index is 0.212. The minimum atomic E-state index is -0.292. The fraction of sp³-hybridized carbons (Fsp3) is 0.0714. The largest absolute Gasteiger partial charge is 0.483 e. The van der Waals surface area contributed by atoms with Gasteiger partial charge in [-0.2, -0.15) is 0 Å². The number of hydrogen-bond donors (Lipinski definition) is 1. The van der Waals surface area contributed by atoms with Gasteiger partial charge in [-0.1, -0.05) is 42.5 Å². The Balaban J connectivity index is 1.51. The molecule has 0 amide bonds. The first-order chi connectivity index (χ1) is 17.2. The van der Waals surface area contributed by atoms with Crippen LogP contribution in [0.15, 0.2) is 90.0 Å². The molecular weight excluding hydrogens is 456 g/mol. The Morgan fingerprint density at radius 2 is 1.83 bits per heavy atom. The Labute approximate surface area is 204 Å². The van der Waals surface area contributed by atoms with E-state index in [0.717, 1.165) is 32.6 Å². The van der Waals surface area contributed by atoms with Crippen molar-refractivity contribution in [3.8, 4) is 27.6 Å². The van der Waals surface area contributed by atoms with E-state index in [0.29, 0.717) is 17.9 Å². The second-order valence-electron chi connectivity index (χ2n) is 8.20. The van der Waals surface area contributed by atoms with Crippen LogP contribution in [-0.4, -0.2) is 19.9 Å². The summed E-state index contributed by atoms with van der Waals surface area (Å²) >= 11 is 1.64. The van der Waals surface area contributed by atoms with Crippen molar-refractivity contribution in [2.45, 2.75) is 13.5 Å². The topological polar surface area (TPSA) is 80.8 Å². The SMILES string of the molecule is Cc1ccc(-c2nc3[nH]cc(OCc4ccccc4)c(=O)c3nc2-c2ccc3ncccc3c2)s1. The second-order valence-corrected chi connectivity index (χ2v) is 9.48. The third kappa shape index (κ3) is 4.06. The Hall–Kier alpha value is -4.36. The number of fused-ring (bicyclic) bond motifs is 2. The van der Waals surface area contributed by atoms with Gasteiger partial charge in [-0.3, -0.25) is 9.78 Å². The third-order valence-corrected chi connectivity index (χ3v) is 6.77. The molecule has 0 bridgehead atoms. The fourth-order valence-corrected chi connectivity index (χ4v) is 4.87. The number of nitrogens with zero attached hydrogens (tertiary/aromatic N) is 3. The van der Waals surface area contributed by atoms with E-state index in [1.54, 1.807) is 23.7 Å². The van der Waals surface area contributed by atoms with E-state index in [9.17, 15) is 4.79 Å². The lowest BCUT2D eigenvalue weighted by Gasteiger charge is -2.11. The predicted octanol–water partition coefficient (Wildman–Crippen LogP) is 6.15. The Kier molecular flexibility index (Phi) is 5.31. The van der Waals surface area contributed by atoms with Gasteiger partial charge in [0, 0.05) is 28.2 Å². The summed E-state index contributed by atoms with van der Waals surface area (Å²) in [6.45, 7) is 2.35. The Morgan fingerprint density at radius 3 is 2.66 bits per heavy atom. The number of aromatic nitrogens is 4. The number of aryl methyl sites for hydroxylation is 1. The summed E-state index contributed by atoms with van der Waals surface area (Å²) in [5.41, 5.74) is 4.50.